The molecule has 0 saturated carbocycles. The van der Waals surface area contributed by atoms with Crippen molar-refractivity contribution in [3.63, 3.8) is 0 Å². The summed E-state index contributed by atoms with van der Waals surface area (Å²) in [6.45, 7) is 9.49. The van der Waals surface area contributed by atoms with E-state index in [2.05, 4.69) is 303 Å². The Morgan fingerprint density at radius 2 is 0.707 bits per heavy atom. The van der Waals surface area contributed by atoms with Crippen LogP contribution in [0.2, 0.25) is 0 Å². The largest absolute Gasteiger partial charge is 0.310 e. The van der Waals surface area contributed by atoms with Gasteiger partial charge in [-0.1, -0.05) is 191 Å². The van der Waals surface area contributed by atoms with Gasteiger partial charge in [-0.25, -0.2) is 0 Å². The molecule has 0 amide bonds. The summed E-state index contributed by atoms with van der Waals surface area (Å²) >= 11 is 0. The van der Waals surface area contributed by atoms with Crippen LogP contribution in [0.4, 0.5) is 34.1 Å². The number of anilines is 6. The molecule has 1 aromatic heterocycles. The molecule has 3 nitrogen and oxygen atoms in total. The Bertz CT molecular complexity index is 4170. The van der Waals surface area contributed by atoms with E-state index in [-0.39, 0.29) is 10.8 Å². The zero-order chi connectivity index (χ0) is 50.4. The molecule has 0 atom stereocenters. The van der Waals surface area contributed by atoms with Crippen LogP contribution < -0.4 is 9.80 Å². The van der Waals surface area contributed by atoms with Crippen LogP contribution in [0.1, 0.15) is 49.9 Å². The van der Waals surface area contributed by atoms with Crippen molar-refractivity contribution in [1.82, 2.24) is 4.57 Å². The normalized spacial score (nSPS) is 13.5. The molecule has 14 rings (SSSR count). The van der Waals surface area contributed by atoms with Gasteiger partial charge >= 0.3 is 0 Å². The Balaban J connectivity index is 1.02. The lowest BCUT2D eigenvalue weighted by Gasteiger charge is -2.32. The van der Waals surface area contributed by atoms with E-state index in [0.29, 0.717) is 0 Å². The SMILES string of the molecule is CC1(C)c2ccccc2-c2ccc(N(c3ccccc3)c3cc(-c4ccc5c(c4)c4ccccc4n5-c4ccccc4)cc(N(c4ccc(-c5ccccc5)cc4)c4ccc5c(c4)C(C)(C)c4ccccc4-5)c3)cc21. The summed E-state index contributed by atoms with van der Waals surface area (Å²) in [5.74, 6) is 0. The van der Waals surface area contributed by atoms with Crippen LogP contribution in [0.3, 0.4) is 0 Å². The van der Waals surface area contributed by atoms with Gasteiger partial charge in [-0.2, -0.15) is 0 Å². The highest BCUT2D eigenvalue weighted by molar-refractivity contribution is 6.10. The summed E-state index contributed by atoms with van der Waals surface area (Å²) in [5.41, 5.74) is 24.9. The van der Waals surface area contributed by atoms with Crippen LogP contribution in [0, 0.1) is 0 Å². The number of nitrogens with zero attached hydrogens (tertiary/aromatic N) is 3. The molecule has 2 aliphatic rings. The highest BCUT2D eigenvalue weighted by Gasteiger charge is 2.37. The van der Waals surface area contributed by atoms with Crippen molar-refractivity contribution >= 4 is 55.9 Å². The molecule has 0 aliphatic heterocycles. The monoisotopic (exact) mass is 961 g/mol. The topological polar surface area (TPSA) is 11.4 Å². The van der Waals surface area contributed by atoms with Gasteiger partial charge in [0.25, 0.3) is 0 Å². The number of para-hydroxylation sites is 3. The van der Waals surface area contributed by atoms with E-state index >= 15 is 0 Å². The van der Waals surface area contributed by atoms with E-state index in [1.807, 2.05) is 0 Å². The highest BCUT2D eigenvalue weighted by atomic mass is 15.2. The van der Waals surface area contributed by atoms with Crippen molar-refractivity contribution < 1.29 is 0 Å². The van der Waals surface area contributed by atoms with Crippen molar-refractivity contribution in [1.29, 1.82) is 0 Å². The van der Waals surface area contributed by atoms with Crippen molar-refractivity contribution in [3.05, 3.63) is 283 Å². The highest BCUT2D eigenvalue weighted by Crippen LogP contribution is 2.53. The van der Waals surface area contributed by atoms with Gasteiger partial charge in [-0.3, -0.25) is 0 Å². The van der Waals surface area contributed by atoms with Gasteiger partial charge in [-0.05, 0) is 164 Å². The first-order valence-corrected chi connectivity index (χ1v) is 26.2. The molecule has 358 valence electrons. The number of rotatable bonds is 9. The molecule has 0 N–H and O–H groups in total. The third-order valence-electron chi connectivity index (χ3n) is 16.3. The lowest BCUT2D eigenvalue weighted by Crippen LogP contribution is -2.17. The van der Waals surface area contributed by atoms with Crippen LogP contribution in [0.5, 0.6) is 0 Å². The van der Waals surface area contributed by atoms with E-state index in [4.69, 9.17) is 0 Å². The fourth-order valence-electron chi connectivity index (χ4n) is 12.6. The van der Waals surface area contributed by atoms with E-state index in [1.54, 1.807) is 0 Å². The van der Waals surface area contributed by atoms with Crippen LogP contribution in [-0.2, 0) is 10.8 Å². The first kappa shape index (κ1) is 44.5. The molecule has 3 heteroatoms. The second kappa shape index (κ2) is 17.2. The zero-order valence-corrected chi connectivity index (χ0v) is 42.7. The van der Waals surface area contributed by atoms with E-state index in [1.165, 1.54) is 77.4 Å². The molecule has 75 heavy (non-hydrogen) atoms. The number of hydrogen-bond acceptors (Lipinski definition) is 2. The molecule has 0 unspecified atom stereocenters. The number of fused-ring (bicyclic) bond motifs is 9. The van der Waals surface area contributed by atoms with Crippen LogP contribution >= 0.6 is 0 Å². The Morgan fingerprint density at radius 1 is 0.267 bits per heavy atom. The molecule has 0 fully saturated rings. The fourth-order valence-corrected chi connectivity index (χ4v) is 12.6. The Morgan fingerprint density at radius 3 is 1.31 bits per heavy atom. The molecule has 1 heterocycles. The lowest BCUT2D eigenvalue weighted by atomic mass is 9.82. The predicted octanol–water partition coefficient (Wildman–Crippen LogP) is 19.7. The second-order valence-corrected chi connectivity index (χ2v) is 21.4. The summed E-state index contributed by atoms with van der Waals surface area (Å²) in [4.78, 5) is 4.94. The van der Waals surface area contributed by atoms with Crippen molar-refractivity contribution in [2.24, 2.45) is 0 Å². The summed E-state index contributed by atoms with van der Waals surface area (Å²) in [6.07, 6.45) is 0. The third kappa shape index (κ3) is 7.17. The predicted molar refractivity (Wildman–Crippen MR) is 316 cm³/mol. The maximum Gasteiger partial charge on any atom is 0.0541 e. The molecule has 0 saturated heterocycles. The standard InChI is InChI=1S/C72H55N3/c1-71(2)65-29-17-14-26-59(65)61-39-37-55(46-67(61)71)73(52-22-10-6-11-23-52)57-42-51(50-34-41-70-64(44-50)63-28-16-19-31-69(63)75(70)53-24-12-7-13-25-53)43-58(45-57)74(54-35-32-49(33-36-54)48-20-8-5-9-21-48)56-38-40-62-60-27-15-18-30-66(60)72(3,4)68(62)47-56/h5-47H,1-4H3. The number of aromatic nitrogens is 1. The van der Waals surface area contributed by atoms with Gasteiger partial charge in [0.2, 0.25) is 0 Å². The lowest BCUT2D eigenvalue weighted by molar-refractivity contribution is 0.660. The number of benzene rings is 11. The molecule has 0 radical (unpaired) electrons. The maximum absolute atomic E-state index is 2.48. The zero-order valence-electron chi connectivity index (χ0n) is 42.7. The average Bonchev–Trinajstić information content (AvgIpc) is 4.04. The van der Waals surface area contributed by atoms with Gasteiger partial charge in [0, 0.05) is 61.4 Å². The van der Waals surface area contributed by atoms with Crippen LogP contribution in [0.25, 0.3) is 72.0 Å². The first-order valence-electron chi connectivity index (χ1n) is 26.2. The second-order valence-electron chi connectivity index (χ2n) is 21.4. The fraction of sp³-hybridized carbons (Fsp3) is 0.0833. The van der Waals surface area contributed by atoms with Crippen molar-refractivity contribution in [3.8, 4) is 50.2 Å². The van der Waals surface area contributed by atoms with Gasteiger partial charge in [0.1, 0.15) is 0 Å². The maximum atomic E-state index is 2.48. The average molecular weight is 962 g/mol. The van der Waals surface area contributed by atoms with Gasteiger partial charge < -0.3 is 14.4 Å². The number of hydrogen-bond donors (Lipinski definition) is 0. The Kier molecular flexibility index (Phi) is 10.2. The molecular weight excluding hydrogens is 907 g/mol. The van der Waals surface area contributed by atoms with Crippen LogP contribution in [0.15, 0.2) is 261 Å². The molecule has 0 spiro atoms. The van der Waals surface area contributed by atoms with E-state index < -0.39 is 0 Å². The third-order valence-corrected chi connectivity index (χ3v) is 16.3. The quantitative estimate of drug-likeness (QED) is 0.143. The molecule has 12 aromatic rings. The minimum atomic E-state index is -0.183. The van der Waals surface area contributed by atoms with E-state index in [0.717, 1.165) is 50.9 Å². The summed E-state index contributed by atoms with van der Waals surface area (Å²) in [7, 11) is 0. The molecule has 0 bridgehead atoms. The minimum absolute atomic E-state index is 0.171. The minimum Gasteiger partial charge on any atom is -0.310 e. The van der Waals surface area contributed by atoms with Gasteiger partial charge in [0.15, 0.2) is 0 Å². The smallest absolute Gasteiger partial charge is 0.0541 e. The molecular formula is C72H55N3. The van der Waals surface area contributed by atoms with Gasteiger partial charge in [-0.15, -0.1) is 0 Å². The van der Waals surface area contributed by atoms with Gasteiger partial charge in [0.05, 0.1) is 11.0 Å². The first-order chi connectivity index (χ1) is 36.7. The van der Waals surface area contributed by atoms with Crippen LogP contribution in [-0.4, -0.2) is 4.57 Å². The summed E-state index contributed by atoms with van der Waals surface area (Å²) < 4.78 is 2.40. The Hall–Kier alpha value is -9.18. The van der Waals surface area contributed by atoms with Crippen molar-refractivity contribution in [2.75, 3.05) is 9.80 Å². The van der Waals surface area contributed by atoms with E-state index in [9.17, 15) is 0 Å². The Labute approximate surface area is 439 Å². The molecule has 2 aliphatic carbocycles. The molecule has 11 aromatic carbocycles. The van der Waals surface area contributed by atoms with Crippen molar-refractivity contribution in [2.45, 2.75) is 38.5 Å². The summed E-state index contributed by atoms with van der Waals surface area (Å²) in [6, 6.07) is 96.6. The summed E-state index contributed by atoms with van der Waals surface area (Å²) in [5, 5.41) is 2.44.